The summed E-state index contributed by atoms with van der Waals surface area (Å²) in [4.78, 5) is 26.0. The molecule has 5 saturated carbocycles. The Hall–Kier alpha value is -0.830. The van der Waals surface area contributed by atoms with Gasteiger partial charge in [0.2, 0.25) is 0 Å². The summed E-state index contributed by atoms with van der Waals surface area (Å²) in [6.45, 7) is 10.6. The van der Waals surface area contributed by atoms with Gasteiger partial charge in [0.15, 0.2) is 0 Å². The zero-order chi connectivity index (χ0) is 27.9. The maximum Gasteiger partial charge on any atom is 0.397 e. The number of hydrogen-bond donors (Lipinski definition) is 2. The van der Waals surface area contributed by atoms with Gasteiger partial charge in [0.1, 0.15) is 11.6 Å². The third-order valence-electron chi connectivity index (χ3n) is 13.2. The molecular weight excluding hydrogens is 504 g/mol. The average Bonchev–Trinajstić information content (AvgIpc) is 3.40. The van der Waals surface area contributed by atoms with Crippen molar-refractivity contribution in [2.45, 2.75) is 105 Å². The summed E-state index contributed by atoms with van der Waals surface area (Å²) in [5.74, 6) is 1.95. The minimum Gasteiger partial charge on any atom is -0.395 e. The first-order valence-corrected chi connectivity index (χ1v) is 16.2. The molecule has 5 aliphatic rings. The molecule has 7 nitrogen and oxygen atoms in total. The Morgan fingerprint density at radius 2 is 1.63 bits per heavy atom. The maximum absolute atomic E-state index is 13.3. The molecule has 9 atom stereocenters. The number of carbonyl (C=O) groups excluding carboxylic acids is 2. The van der Waals surface area contributed by atoms with Crippen molar-refractivity contribution in [2.24, 2.45) is 56.7 Å². The van der Waals surface area contributed by atoms with Gasteiger partial charge in [-0.15, -0.1) is 0 Å². The Morgan fingerprint density at radius 3 is 2.26 bits per heavy atom. The molecular formula is C30H48O7S. The van der Waals surface area contributed by atoms with Gasteiger partial charge in [-0.2, -0.15) is 8.42 Å². The van der Waals surface area contributed by atoms with Gasteiger partial charge in [-0.1, -0.05) is 34.6 Å². The van der Waals surface area contributed by atoms with E-state index in [9.17, 15) is 27.7 Å². The van der Waals surface area contributed by atoms with E-state index < -0.39 is 29.0 Å². The molecule has 0 radical (unpaired) electrons. The van der Waals surface area contributed by atoms with Crippen LogP contribution in [-0.4, -0.2) is 42.9 Å². The van der Waals surface area contributed by atoms with E-state index in [1.54, 1.807) is 0 Å². The van der Waals surface area contributed by atoms with Crippen molar-refractivity contribution in [2.75, 3.05) is 13.2 Å². The van der Waals surface area contributed by atoms with Crippen LogP contribution in [-0.2, 0) is 24.2 Å². The molecule has 5 fully saturated rings. The van der Waals surface area contributed by atoms with Gasteiger partial charge >= 0.3 is 10.4 Å². The number of fused-ring (bicyclic) bond motifs is 2. The van der Waals surface area contributed by atoms with Crippen LogP contribution < -0.4 is 0 Å². The van der Waals surface area contributed by atoms with Crippen molar-refractivity contribution < 1.29 is 31.8 Å². The zero-order valence-corrected chi connectivity index (χ0v) is 24.7. The second kappa shape index (κ2) is 9.09. The van der Waals surface area contributed by atoms with Crippen LogP contribution in [0.25, 0.3) is 0 Å². The molecule has 38 heavy (non-hydrogen) atoms. The van der Waals surface area contributed by atoms with Crippen LogP contribution in [0.3, 0.4) is 0 Å². The SMILES string of the molecule is CC(C)CC(=O)C[C@@H](C)[C@H]1CC[C@@]2(C)[C@H]3CC[C@H]4[C@](CO)(COS(=O)(=O)O)C(=O)CC[C@@]45C[C@@]35CCC12C. The van der Waals surface area contributed by atoms with Gasteiger partial charge in [-0.3, -0.25) is 14.1 Å². The molecule has 1 unspecified atom stereocenters. The molecule has 0 bridgehead atoms. The molecule has 0 amide bonds. The van der Waals surface area contributed by atoms with Crippen LogP contribution in [0.4, 0.5) is 0 Å². The molecule has 216 valence electrons. The molecule has 0 heterocycles. The topological polar surface area (TPSA) is 118 Å². The minimum atomic E-state index is -4.71. The lowest BCUT2D eigenvalue weighted by atomic mass is 9.41. The standard InChI is InChI=1S/C30H48O7S/c1-19(2)14-21(32)15-20(3)22-8-10-27(5)23-6-7-24-28(17-31,18-37-38(34,35)36)25(33)9-11-29(24)16-30(23,29)13-12-26(22,27)4/h19-20,22-24,31H,6-18H2,1-5H3,(H,34,35,36)/t20-,22-,23-,24+,26?,27+,28+,29-,30+/m1/s1. The van der Waals surface area contributed by atoms with Gasteiger partial charge in [-0.25, -0.2) is 4.18 Å². The number of Topliss-reactive ketones (excluding diaryl/α,β-unsaturated/α-hetero) is 2. The van der Waals surface area contributed by atoms with E-state index in [-0.39, 0.29) is 33.4 Å². The number of aliphatic hydroxyl groups is 1. The van der Waals surface area contributed by atoms with E-state index in [1.807, 2.05) is 0 Å². The monoisotopic (exact) mass is 552 g/mol. The van der Waals surface area contributed by atoms with Crippen molar-refractivity contribution in [1.82, 2.24) is 0 Å². The van der Waals surface area contributed by atoms with E-state index in [0.717, 1.165) is 44.9 Å². The average molecular weight is 553 g/mol. The van der Waals surface area contributed by atoms with Crippen LogP contribution in [0, 0.1) is 56.7 Å². The first kappa shape index (κ1) is 28.7. The van der Waals surface area contributed by atoms with Crippen molar-refractivity contribution in [3.63, 3.8) is 0 Å². The largest absolute Gasteiger partial charge is 0.397 e. The van der Waals surface area contributed by atoms with Gasteiger partial charge in [0.25, 0.3) is 0 Å². The van der Waals surface area contributed by atoms with Crippen LogP contribution in [0.5, 0.6) is 0 Å². The van der Waals surface area contributed by atoms with Crippen molar-refractivity contribution in [3.05, 3.63) is 0 Å². The molecule has 0 aromatic rings. The van der Waals surface area contributed by atoms with Gasteiger partial charge < -0.3 is 5.11 Å². The van der Waals surface area contributed by atoms with E-state index in [2.05, 4.69) is 34.6 Å². The quantitative estimate of drug-likeness (QED) is 0.367. The highest BCUT2D eigenvalue weighted by Gasteiger charge is 2.83. The fourth-order valence-corrected chi connectivity index (χ4v) is 11.8. The van der Waals surface area contributed by atoms with E-state index in [1.165, 1.54) is 6.42 Å². The Kier molecular flexibility index (Phi) is 6.86. The lowest BCUT2D eigenvalue weighted by molar-refractivity contribution is -0.170. The Labute approximate surface area is 228 Å². The number of aliphatic hydroxyl groups excluding tert-OH is 1. The second-order valence-electron chi connectivity index (χ2n) is 14.9. The fraction of sp³-hybridized carbons (Fsp3) is 0.933. The summed E-state index contributed by atoms with van der Waals surface area (Å²) in [6.07, 6.45) is 9.77. The number of ketones is 2. The molecule has 5 rings (SSSR count). The summed E-state index contributed by atoms with van der Waals surface area (Å²) >= 11 is 0. The molecule has 0 aromatic heterocycles. The maximum atomic E-state index is 13.3. The molecule has 2 spiro atoms. The summed E-state index contributed by atoms with van der Waals surface area (Å²) in [7, 11) is -4.71. The summed E-state index contributed by atoms with van der Waals surface area (Å²) < 4.78 is 37.0. The van der Waals surface area contributed by atoms with Crippen molar-refractivity contribution in [3.8, 4) is 0 Å². The minimum absolute atomic E-state index is 0.0730. The number of hydrogen-bond acceptors (Lipinski definition) is 6. The van der Waals surface area contributed by atoms with E-state index in [4.69, 9.17) is 4.18 Å². The highest BCUT2D eigenvalue weighted by atomic mass is 32.3. The molecule has 5 aliphatic carbocycles. The number of rotatable bonds is 9. The predicted octanol–water partition coefficient (Wildman–Crippen LogP) is 5.41. The Balaban J connectivity index is 1.41. The third kappa shape index (κ3) is 3.86. The molecule has 0 aliphatic heterocycles. The normalized spacial score (nSPS) is 46.6. The van der Waals surface area contributed by atoms with Crippen molar-refractivity contribution in [1.29, 1.82) is 0 Å². The second-order valence-corrected chi connectivity index (χ2v) is 16.0. The van der Waals surface area contributed by atoms with Gasteiger partial charge in [-0.05, 0) is 103 Å². The highest BCUT2D eigenvalue weighted by molar-refractivity contribution is 7.80. The first-order valence-electron chi connectivity index (χ1n) is 14.9. The van der Waals surface area contributed by atoms with E-state index >= 15 is 0 Å². The van der Waals surface area contributed by atoms with Crippen LogP contribution in [0.15, 0.2) is 0 Å². The summed E-state index contributed by atoms with van der Waals surface area (Å²) in [6, 6.07) is 0. The Bertz CT molecular complexity index is 1100. The molecule has 2 N–H and O–H groups in total. The van der Waals surface area contributed by atoms with Gasteiger partial charge in [0, 0.05) is 19.3 Å². The molecule has 0 saturated heterocycles. The molecule has 8 heteroatoms. The smallest absolute Gasteiger partial charge is 0.395 e. The highest BCUT2D eigenvalue weighted by Crippen LogP contribution is 2.88. The third-order valence-corrected chi connectivity index (χ3v) is 13.6. The zero-order valence-electron chi connectivity index (χ0n) is 23.9. The van der Waals surface area contributed by atoms with Crippen LogP contribution in [0.1, 0.15) is 105 Å². The summed E-state index contributed by atoms with van der Waals surface area (Å²) in [5.41, 5.74) is -0.892. The van der Waals surface area contributed by atoms with Crippen LogP contribution >= 0.6 is 0 Å². The number of carbonyl (C=O) groups is 2. The van der Waals surface area contributed by atoms with Crippen molar-refractivity contribution >= 4 is 22.0 Å². The lowest BCUT2D eigenvalue weighted by Gasteiger charge is -2.63. The summed E-state index contributed by atoms with van der Waals surface area (Å²) in [5, 5.41) is 10.5. The first-order chi connectivity index (χ1) is 17.6. The van der Waals surface area contributed by atoms with E-state index in [0.29, 0.717) is 48.7 Å². The molecule has 0 aromatic carbocycles. The lowest BCUT2D eigenvalue weighted by Crippen LogP contribution is -2.60. The fourth-order valence-electron chi connectivity index (χ4n) is 11.4. The predicted molar refractivity (Wildman–Crippen MR) is 143 cm³/mol. The van der Waals surface area contributed by atoms with Gasteiger partial charge in [0.05, 0.1) is 18.6 Å². The van der Waals surface area contributed by atoms with Crippen LogP contribution in [0.2, 0.25) is 0 Å². The Morgan fingerprint density at radius 1 is 0.974 bits per heavy atom.